The maximum atomic E-state index is 12.6. The quantitative estimate of drug-likeness (QED) is 0.945. The Morgan fingerprint density at radius 2 is 2.38 bits per heavy atom. The topological polar surface area (TPSA) is 68.7 Å². The van der Waals surface area contributed by atoms with E-state index in [1.165, 1.54) is 6.26 Å². The predicted octanol–water partition coefficient (Wildman–Crippen LogP) is 2.40. The Morgan fingerprint density at radius 1 is 1.52 bits per heavy atom. The van der Waals surface area contributed by atoms with Crippen LogP contribution in [0.1, 0.15) is 34.7 Å². The summed E-state index contributed by atoms with van der Waals surface area (Å²) >= 11 is 1.63. The molecule has 0 saturated carbocycles. The van der Waals surface area contributed by atoms with Crippen LogP contribution in [0.25, 0.3) is 0 Å². The van der Waals surface area contributed by atoms with Crippen LogP contribution in [0.4, 0.5) is 0 Å². The maximum absolute atomic E-state index is 12.6. The molecule has 0 aliphatic carbocycles. The van der Waals surface area contributed by atoms with Gasteiger partial charge in [0.05, 0.1) is 24.8 Å². The number of ether oxygens (including phenoxy) is 1. The Bertz CT molecular complexity index is 608. The number of rotatable bonds is 3. The summed E-state index contributed by atoms with van der Waals surface area (Å²) in [6.07, 6.45) is 1.42. The second-order valence-corrected chi connectivity index (χ2v) is 5.99. The highest BCUT2D eigenvalue weighted by molar-refractivity contribution is 7.07. The van der Waals surface area contributed by atoms with E-state index in [9.17, 15) is 4.79 Å². The molecule has 3 heterocycles. The van der Waals surface area contributed by atoms with Crippen LogP contribution in [-0.4, -0.2) is 30.0 Å². The number of nitrogens with zero attached hydrogens (tertiary/aromatic N) is 1. The maximum Gasteiger partial charge on any atom is 0.257 e. The van der Waals surface area contributed by atoms with Gasteiger partial charge in [-0.05, 0) is 35.4 Å². The minimum absolute atomic E-state index is 0.00785. The molecular weight excluding hydrogens is 288 g/mol. The first-order valence-electron chi connectivity index (χ1n) is 6.91. The zero-order valence-corrected chi connectivity index (χ0v) is 12.6. The molecule has 1 aliphatic rings. The molecule has 2 atom stereocenters. The molecule has 1 saturated heterocycles. The van der Waals surface area contributed by atoms with Crippen LogP contribution >= 0.6 is 11.3 Å². The number of hydrogen-bond acceptors (Lipinski definition) is 5. The fourth-order valence-electron chi connectivity index (χ4n) is 2.54. The lowest BCUT2D eigenvalue weighted by molar-refractivity contribution is -0.0690. The van der Waals surface area contributed by atoms with Crippen molar-refractivity contribution in [2.75, 3.05) is 13.1 Å². The standard InChI is InChI=1S/C15H18N2O3S/c1-10-6-17(7-14(20-10)11-2-3-21-9-11)15(18)12-4-13(5-16)19-8-12/h2-4,8-10,14H,5-7,16H2,1H3. The van der Waals surface area contributed by atoms with Crippen molar-refractivity contribution in [3.05, 3.63) is 46.0 Å². The van der Waals surface area contributed by atoms with Crippen molar-refractivity contribution >= 4 is 17.2 Å². The summed E-state index contributed by atoms with van der Waals surface area (Å²) in [6.45, 7) is 3.43. The van der Waals surface area contributed by atoms with E-state index >= 15 is 0 Å². The van der Waals surface area contributed by atoms with E-state index in [-0.39, 0.29) is 18.1 Å². The van der Waals surface area contributed by atoms with Crippen LogP contribution < -0.4 is 5.73 Å². The molecule has 5 nitrogen and oxygen atoms in total. The van der Waals surface area contributed by atoms with Crippen molar-refractivity contribution in [3.63, 3.8) is 0 Å². The fraction of sp³-hybridized carbons (Fsp3) is 0.400. The van der Waals surface area contributed by atoms with Gasteiger partial charge in [-0.1, -0.05) is 0 Å². The lowest BCUT2D eigenvalue weighted by Crippen LogP contribution is -2.45. The number of furan rings is 1. The molecule has 1 fully saturated rings. The molecule has 2 aromatic rings. The largest absolute Gasteiger partial charge is 0.467 e. The molecule has 1 aliphatic heterocycles. The Labute approximate surface area is 127 Å². The van der Waals surface area contributed by atoms with E-state index in [1.54, 1.807) is 17.4 Å². The van der Waals surface area contributed by atoms with E-state index in [1.807, 2.05) is 23.3 Å². The molecule has 0 bridgehead atoms. The smallest absolute Gasteiger partial charge is 0.257 e. The van der Waals surface area contributed by atoms with Gasteiger partial charge in [0, 0.05) is 6.54 Å². The van der Waals surface area contributed by atoms with Crippen LogP contribution in [0.15, 0.2) is 33.6 Å². The number of morpholine rings is 1. The van der Waals surface area contributed by atoms with Gasteiger partial charge in [0.2, 0.25) is 0 Å². The van der Waals surface area contributed by atoms with Crippen molar-refractivity contribution in [2.24, 2.45) is 5.73 Å². The van der Waals surface area contributed by atoms with Gasteiger partial charge in [0.25, 0.3) is 5.91 Å². The van der Waals surface area contributed by atoms with Crippen LogP contribution in [0, 0.1) is 0 Å². The van der Waals surface area contributed by atoms with Crippen molar-refractivity contribution in [2.45, 2.75) is 25.7 Å². The highest BCUT2D eigenvalue weighted by Crippen LogP contribution is 2.27. The third kappa shape index (κ3) is 3.02. The summed E-state index contributed by atoms with van der Waals surface area (Å²) < 4.78 is 11.2. The molecule has 1 amide bonds. The first-order valence-corrected chi connectivity index (χ1v) is 7.86. The summed E-state index contributed by atoms with van der Waals surface area (Å²) in [7, 11) is 0. The van der Waals surface area contributed by atoms with Gasteiger partial charge < -0.3 is 19.8 Å². The number of carbonyl (C=O) groups excluding carboxylic acids is 1. The summed E-state index contributed by atoms with van der Waals surface area (Å²) in [5.74, 6) is 0.586. The minimum atomic E-state index is -0.0650. The van der Waals surface area contributed by atoms with Gasteiger partial charge in [0.1, 0.15) is 18.1 Å². The van der Waals surface area contributed by atoms with Gasteiger partial charge in [-0.25, -0.2) is 0 Å². The van der Waals surface area contributed by atoms with E-state index in [2.05, 4.69) is 5.38 Å². The Morgan fingerprint density at radius 3 is 3.05 bits per heavy atom. The van der Waals surface area contributed by atoms with Crippen LogP contribution in [0.2, 0.25) is 0 Å². The van der Waals surface area contributed by atoms with Gasteiger partial charge >= 0.3 is 0 Å². The molecule has 2 unspecified atom stereocenters. The zero-order chi connectivity index (χ0) is 14.8. The number of carbonyl (C=O) groups is 1. The molecule has 0 spiro atoms. The van der Waals surface area contributed by atoms with Crippen LogP contribution in [-0.2, 0) is 11.3 Å². The second-order valence-electron chi connectivity index (χ2n) is 5.21. The highest BCUT2D eigenvalue weighted by atomic mass is 32.1. The monoisotopic (exact) mass is 306 g/mol. The first kappa shape index (κ1) is 14.3. The number of thiophene rings is 1. The normalized spacial score (nSPS) is 22.5. The molecule has 2 N–H and O–H groups in total. The van der Waals surface area contributed by atoms with Crippen molar-refractivity contribution in [1.29, 1.82) is 0 Å². The molecule has 0 aromatic carbocycles. The third-order valence-electron chi connectivity index (χ3n) is 3.56. The van der Waals surface area contributed by atoms with Gasteiger partial charge in [-0.15, -0.1) is 0 Å². The fourth-order valence-corrected chi connectivity index (χ4v) is 3.24. The summed E-state index contributed by atoms with van der Waals surface area (Å²) in [6, 6.07) is 3.75. The van der Waals surface area contributed by atoms with Crippen molar-refractivity contribution < 1.29 is 13.9 Å². The highest BCUT2D eigenvalue weighted by Gasteiger charge is 2.30. The van der Waals surface area contributed by atoms with Gasteiger partial charge in [0.15, 0.2) is 0 Å². The second kappa shape index (κ2) is 6.01. The van der Waals surface area contributed by atoms with E-state index in [0.717, 1.165) is 5.56 Å². The molecule has 2 aromatic heterocycles. The number of nitrogens with two attached hydrogens (primary N) is 1. The van der Waals surface area contributed by atoms with Crippen LogP contribution in [0.5, 0.6) is 0 Å². The average molecular weight is 306 g/mol. The third-order valence-corrected chi connectivity index (χ3v) is 4.27. The van der Waals surface area contributed by atoms with E-state index in [4.69, 9.17) is 14.9 Å². The molecule has 21 heavy (non-hydrogen) atoms. The lowest BCUT2D eigenvalue weighted by Gasteiger charge is -2.36. The molecule has 6 heteroatoms. The van der Waals surface area contributed by atoms with Crippen LogP contribution in [0.3, 0.4) is 0 Å². The predicted molar refractivity (Wildman–Crippen MR) is 80.1 cm³/mol. The Hall–Kier alpha value is -1.63. The molecule has 112 valence electrons. The van der Waals surface area contributed by atoms with Crippen molar-refractivity contribution in [1.82, 2.24) is 4.90 Å². The SMILES string of the molecule is CC1CN(C(=O)c2coc(CN)c2)CC(c2ccsc2)O1. The molecular formula is C15H18N2O3S. The summed E-state index contributed by atoms with van der Waals surface area (Å²) in [4.78, 5) is 14.4. The van der Waals surface area contributed by atoms with Gasteiger partial charge in [-0.2, -0.15) is 11.3 Å². The van der Waals surface area contributed by atoms with E-state index < -0.39 is 0 Å². The zero-order valence-electron chi connectivity index (χ0n) is 11.8. The summed E-state index contributed by atoms with van der Waals surface area (Å²) in [5, 5.41) is 4.09. The molecule has 3 rings (SSSR count). The number of hydrogen-bond donors (Lipinski definition) is 1. The Kier molecular flexibility index (Phi) is 4.10. The Balaban J connectivity index is 1.76. The summed E-state index contributed by atoms with van der Waals surface area (Å²) in [5.41, 5.74) is 7.19. The number of amides is 1. The van der Waals surface area contributed by atoms with Crippen molar-refractivity contribution in [3.8, 4) is 0 Å². The van der Waals surface area contributed by atoms with Gasteiger partial charge in [-0.3, -0.25) is 4.79 Å². The first-order chi connectivity index (χ1) is 10.2. The minimum Gasteiger partial charge on any atom is -0.467 e. The average Bonchev–Trinajstić information content (AvgIpc) is 3.17. The lowest BCUT2D eigenvalue weighted by atomic mass is 10.1. The van der Waals surface area contributed by atoms with E-state index in [0.29, 0.717) is 31.0 Å². The molecule has 0 radical (unpaired) electrons.